The van der Waals surface area contributed by atoms with Crippen molar-refractivity contribution in [3.63, 3.8) is 0 Å². The van der Waals surface area contributed by atoms with Crippen LogP contribution in [-0.4, -0.2) is 30.5 Å². The summed E-state index contributed by atoms with van der Waals surface area (Å²) in [5, 5.41) is 3.83. The number of nitrogens with one attached hydrogen (secondary N) is 1. The average molecular weight is 377 g/mol. The van der Waals surface area contributed by atoms with Gasteiger partial charge >= 0.3 is 0 Å². The van der Waals surface area contributed by atoms with Gasteiger partial charge in [-0.2, -0.15) is 11.8 Å². The van der Waals surface area contributed by atoms with E-state index in [1.807, 2.05) is 24.5 Å². The van der Waals surface area contributed by atoms with Gasteiger partial charge in [-0.3, -0.25) is 4.79 Å². The van der Waals surface area contributed by atoms with Gasteiger partial charge in [-0.25, -0.2) is 0 Å². The summed E-state index contributed by atoms with van der Waals surface area (Å²) in [5.74, 6) is 0.871. The lowest BCUT2D eigenvalue weighted by Crippen LogP contribution is -2.46. The van der Waals surface area contributed by atoms with E-state index < -0.39 is 6.04 Å². The Morgan fingerprint density at radius 1 is 1.43 bits per heavy atom. The van der Waals surface area contributed by atoms with Gasteiger partial charge in [-0.15, -0.1) is 12.4 Å². The highest BCUT2D eigenvalue weighted by molar-refractivity contribution is 7.98. The van der Waals surface area contributed by atoms with E-state index in [9.17, 15) is 4.79 Å². The third-order valence-corrected chi connectivity index (χ3v) is 5.45. The van der Waals surface area contributed by atoms with Crippen molar-refractivity contribution in [1.29, 1.82) is 0 Å². The van der Waals surface area contributed by atoms with Crippen molar-refractivity contribution in [1.82, 2.24) is 5.32 Å². The van der Waals surface area contributed by atoms with Gasteiger partial charge in [0.05, 0.1) is 6.04 Å². The van der Waals surface area contributed by atoms with E-state index in [1.165, 1.54) is 18.4 Å². The van der Waals surface area contributed by atoms with Gasteiger partial charge in [0.25, 0.3) is 0 Å². The zero-order chi connectivity index (χ0) is 16.0. The SMILES string of the molecule is CSCC[C@H](N)C(=O)NCC1(c2cccc(Cl)c2)CCCC1.Cl. The van der Waals surface area contributed by atoms with Crippen molar-refractivity contribution in [2.45, 2.75) is 43.6 Å². The molecule has 0 unspecified atom stereocenters. The molecule has 1 saturated carbocycles. The van der Waals surface area contributed by atoms with E-state index in [4.69, 9.17) is 17.3 Å². The first-order valence-electron chi connectivity index (χ1n) is 7.86. The topological polar surface area (TPSA) is 55.1 Å². The van der Waals surface area contributed by atoms with Crippen molar-refractivity contribution in [3.8, 4) is 0 Å². The predicted molar refractivity (Wildman–Crippen MR) is 103 cm³/mol. The Morgan fingerprint density at radius 2 is 2.13 bits per heavy atom. The molecular formula is C17H26Cl2N2OS. The Labute approximate surface area is 154 Å². The Kier molecular flexibility index (Phi) is 8.76. The second-order valence-electron chi connectivity index (χ2n) is 6.10. The normalized spacial score (nSPS) is 17.3. The van der Waals surface area contributed by atoms with Crippen molar-refractivity contribution in [2.75, 3.05) is 18.6 Å². The number of rotatable bonds is 7. The largest absolute Gasteiger partial charge is 0.354 e. The molecule has 0 aromatic heterocycles. The first-order chi connectivity index (χ1) is 10.6. The second kappa shape index (κ2) is 9.77. The minimum Gasteiger partial charge on any atom is -0.354 e. The van der Waals surface area contributed by atoms with Crippen LogP contribution in [0.3, 0.4) is 0 Å². The number of hydrogen-bond acceptors (Lipinski definition) is 3. The maximum Gasteiger partial charge on any atom is 0.236 e. The van der Waals surface area contributed by atoms with E-state index in [1.54, 1.807) is 11.8 Å². The number of amides is 1. The number of hydrogen-bond donors (Lipinski definition) is 2. The van der Waals surface area contributed by atoms with Crippen molar-refractivity contribution >= 4 is 41.7 Å². The number of carbonyl (C=O) groups is 1. The summed E-state index contributed by atoms with van der Waals surface area (Å²) in [6.45, 7) is 0.652. The molecule has 6 heteroatoms. The number of thioether (sulfide) groups is 1. The fraction of sp³-hybridized carbons (Fsp3) is 0.588. The van der Waals surface area contributed by atoms with Crippen LogP contribution in [0.5, 0.6) is 0 Å². The Bertz CT molecular complexity index is 507. The van der Waals surface area contributed by atoms with Crippen LogP contribution < -0.4 is 11.1 Å². The first-order valence-corrected chi connectivity index (χ1v) is 9.63. The minimum absolute atomic E-state index is 0. The monoisotopic (exact) mass is 376 g/mol. The van der Waals surface area contributed by atoms with Gasteiger partial charge in [0, 0.05) is 17.0 Å². The number of halogens is 2. The first kappa shape index (κ1) is 20.6. The van der Waals surface area contributed by atoms with E-state index in [0.29, 0.717) is 6.54 Å². The highest BCUT2D eigenvalue weighted by Crippen LogP contribution is 2.41. The van der Waals surface area contributed by atoms with E-state index in [2.05, 4.69) is 11.4 Å². The molecule has 0 radical (unpaired) electrons. The molecule has 130 valence electrons. The fourth-order valence-corrected chi connectivity index (χ4v) is 3.88. The molecule has 1 aliphatic carbocycles. The maximum atomic E-state index is 12.2. The van der Waals surface area contributed by atoms with Crippen LogP contribution in [0.1, 0.15) is 37.7 Å². The van der Waals surface area contributed by atoms with Crippen LogP contribution in [0.4, 0.5) is 0 Å². The Morgan fingerprint density at radius 3 is 2.74 bits per heavy atom. The van der Waals surface area contributed by atoms with Crippen molar-refractivity contribution in [3.05, 3.63) is 34.9 Å². The van der Waals surface area contributed by atoms with Gasteiger partial charge in [0.15, 0.2) is 0 Å². The minimum atomic E-state index is -0.412. The summed E-state index contributed by atoms with van der Waals surface area (Å²) >= 11 is 7.86. The molecule has 1 fully saturated rings. The lowest BCUT2D eigenvalue weighted by Gasteiger charge is -2.30. The molecule has 1 aliphatic rings. The lowest BCUT2D eigenvalue weighted by molar-refractivity contribution is -0.122. The number of benzene rings is 1. The van der Waals surface area contributed by atoms with Crippen molar-refractivity contribution in [2.24, 2.45) is 5.73 Å². The fourth-order valence-electron chi connectivity index (χ4n) is 3.20. The van der Waals surface area contributed by atoms with Crippen LogP contribution in [0.25, 0.3) is 0 Å². The van der Waals surface area contributed by atoms with Crippen molar-refractivity contribution < 1.29 is 4.79 Å². The standard InChI is InChI=1S/C17H25ClN2OS.ClH/c1-22-10-7-15(19)16(21)20-12-17(8-2-3-9-17)13-5-4-6-14(18)11-13;/h4-6,11,15H,2-3,7-10,12,19H2,1H3,(H,20,21);1H/t15-;/m0./s1. The maximum absolute atomic E-state index is 12.2. The average Bonchev–Trinajstić information content (AvgIpc) is 3.00. The summed E-state index contributed by atoms with van der Waals surface area (Å²) in [7, 11) is 0. The van der Waals surface area contributed by atoms with Gasteiger partial charge in [0.2, 0.25) is 5.91 Å². The van der Waals surface area contributed by atoms with Gasteiger partial charge in [0.1, 0.15) is 0 Å². The molecule has 0 saturated heterocycles. The van der Waals surface area contributed by atoms with Gasteiger partial charge in [-0.1, -0.05) is 36.6 Å². The summed E-state index contributed by atoms with van der Waals surface area (Å²) < 4.78 is 0. The molecule has 1 aromatic carbocycles. The van der Waals surface area contributed by atoms with Gasteiger partial charge < -0.3 is 11.1 Å². The molecule has 0 spiro atoms. The molecule has 3 N–H and O–H groups in total. The summed E-state index contributed by atoms with van der Waals surface area (Å²) in [4.78, 5) is 12.2. The molecule has 23 heavy (non-hydrogen) atoms. The lowest BCUT2D eigenvalue weighted by atomic mass is 9.78. The molecule has 2 rings (SSSR count). The van der Waals surface area contributed by atoms with E-state index in [0.717, 1.165) is 30.0 Å². The highest BCUT2D eigenvalue weighted by atomic mass is 35.5. The van der Waals surface area contributed by atoms with E-state index >= 15 is 0 Å². The smallest absolute Gasteiger partial charge is 0.236 e. The van der Waals surface area contributed by atoms with Crippen LogP contribution >= 0.6 is 35.8 Å². The quantitative estimate of drug-likeness (QED) is 0.761. The van der Waals surface area contributed by atoms with Crippen LogP contribution in [0.15, 0.2) is 24.3 Å². The molecule has 0 bridgehead atoms. The second-order valence-corrected chi connectivity index (χ2v) is 7.53. The summed E-state index contributed by atoms with van der Waals surface area (Å²) in [6, 6.07) is 7.63. The third kappa shape index (κ3) is 5.56. The molecule has 0 aliphatic heterocycles. The zero-order valence-corrected chi connectivity index (χ0v) is 15.9. The molecule has 1 atom stereocenters. The van der Waals surface area contributed by atoms with Crippen LogP contribution in [-0.2, 0) is 10.2 Å². The zero-order valence-electron chi connectivity index (χ0n) is 13.5. The number of carbonyl (C=O) groups excluding carboxylic acids is 1. The summed E-state index contributed by atoms with van der Waals surface area (Å²) in [6.07, 6.45) is 7.32. The third-order valence-electron chi connectivity index (χ3n) is 4.57. The Balaban J connectivity index is 0.00000264. The summed E-state index contributed by atoms with van der Waals surface area (Å²) in [5.41, 5.74) is 7.19. The molecule has 1 aromatic rings. The molecule has 1 amide bonds. The van der Waals surface area contributed by atoms with Crippen LogP contribution in [0, 0.1) is 0 Å². The van der Waals surface area contributed by atoms with E-state index in [-0.39, 0.29) is 23.7 Å². The highest BCUT2D eigenvalue weighted by Gasteiger charge is 2.36. The predicted octanol–water partition coefficient (Wildman–Crippen LogP) is 3.77. The molecule has 3 nitrogen and oxygen atoms in total. The number of nitrogens with two attached hydrogens (primary N) is 1. The van der Waals surface area contributed by atoms with Crippen LogP contribution in [0.2, 0.25) is 5.02 Å². The van der Waals surface area contributed by atoms with Gasteiger partial charge in [-0.05, 0) is 49.0 Å². The molecular weight excluding hydrogens is 351 g/mol. The molecule has 0 heterocycles. The Hall–Kier alpha value is -0.420.